The SMILES string of the molecule is N#CCCO[Si](O)(O)O. The van der Waals surface area contributed by atoms with Crippen LogP contribution in [-0.2, 0) is 4.43 Å². The van der Waals surface area contributed by atoms with Crippen molar-refractivity contribution in [2.45, 2.75) is 6.42 Å². The number of rotatable bonds is 3. The van der Waals surface area contributed by atoms with E-state index in [0.717, 1.165) is 0 Å². The minimum atomic E-state index is -4.35. The van der Waals surface area contributed by atoms with Gasteiger partial charge in [-0.15, -0.1) is 0 Å². The normalized spacial score (nSPS) is 10.9. The van der Waals surface area contributed by atoms with Crippen LogP contribution in [-0.4, -0.2) is 30.0 Å². The molecule has 0 atom stereocenters. The standard InChI is InChI=1S/C3H7NO4Si/c4-2-1-3-8-9(5,6)7/h5-7H,1,3H2. The van der Waals surface area contributed by atoms with Crippen LogP contribution in [0.15, 0.2) is 0 Å². The molecule has 0 amide bonds. The van der Waals surface area contributed by atoms with Gasteiger partial charge in [-0.05, 0) is 0 Å². The molecule has 0 aromatic rings. The molecule has 0 aliphatic heterocycles. The van der Waals surface area contributed by atoms with Gasteiger partial charge in [-0.1, -0.05) is 0 Å². The molecule has 5 nitrogen and oxygen atoms in total. The molecule has 0 heterocycles. The molecule has 0 saturated carbocycles. The number of nitriles is 1. The Hall–Kier alpha value is -0.453. The van der Waals surface area contributed by atoms with Crippen LogP contribution in [0.2, 0.25) is 0 Å². The number of hydrogen-bond donors (Lipinski definition) is 3. The molecule has 0 aromatic heterocycles. The van der Waals surface area contributed by atoms with E-state index >= 15 is 0 Å². The van der Waals surface area contributed by atoms with E-state index in [4.69, 9.17) is 19.6 Å². The first-order valence-corrected chi connectivity index (χ1v) is 3.99. The highest BCUT2D eigenvalue weighted by Gasteiger charge is 2.29. The highest BCUT2D eigenvalue weighted by Crippen LogP contribution is 1.89. The Labute approximate surface area is 53.2 Å². The Balaban J connectivity index is 3.20. The summed E-state index contributed by atoms with van der Waals surface area (Å²) in [6.45, 7) is -0.147. The van der Waals surface area contributed by atoms with Crippen molar-refractivity contribution in [2.75, 3.05) is 6.61 Å². The van der Waals surface area contributed by atoms with E-state index in [-0.39, 0.29) is 13.0 Å². The lowest BCUT2D eigenvalue weighted by molar-refractivity contribution is 0.0655. The first-order valence-electron chi connectivity index (χ1n) is 2.24. The predicted octanol–water partition coefficient (Wildman–Crippen LogP) is -1.67. The van der Waals surface area contributed by atoms with Gasteiger partial charge in [-0.25, -0.2) is 0 Å². The molecular formula is C3H7NO4Si. The predicted molar refractivity (Wildman–Crippen MR) is 28.6 cm³/mol. The molecule has 0 saturated heterocycles. The minimum Gasteiger partial charge on any atom is -0.368 e. The molecule has 0 radical (unpaired) electrons. The molecule has 0 unspecified atom stereocenters. The van der Waals surface area contributed by atoms with Crippen molar-refractivity contribution in [3.8, 4) is 6.07 Å². The van der Waals surface area contributed by atoms with Crippen molar-refractivity contribution in [3.05, 3.63) is 0 Å². The third-order valence-electron chi connectivity index (χ3n) is 0.510. The first-order chi connectivity index (χ1) is 4.06. The minimum absolute atomic E-state index is 0.0381. The van der Waals surface area contributed by atoms with Gasteiger partial charge < -0.3 is 18.8 Å². The van der Waals surface area contributed by atoms with E-state index in [2.05, 4.69) is 4.43 Å². The van der Waals surface area contributed by atoms with Gasteiger partial charge >= 0.3 is 9.05 Å². The molecule has 0 aromatic carbocycles. The van der Waals surface area contributed by atoms with Gasteiger partial charge in [0.05, 0.1) is 19.1 Å². The lowest BCUT2D eigenvalue weighted by Gasteiger charge is -2.06. The highest BCUT2D eigenvalue weighted by atomic mass is 28.4. The topological polar surface area (TPSA) is 93.7 Å². The quantitative estimate of drug-likeness (QED) is 0.329. The van der Waals surface area contributed by atoms with Gasteiger partial charge in [0.2, 0.25) is 0 Å². The molecule has 9 heavy (non-hydrogen) atoms. The molecule has 52 valence electrons. The maximum atomic E-state index is 8.16. The second-order valence-corrected chi connectivity index (χ2v) is 2.77. The monoisotopic (exact) mass is 149 g/mol. The lowest BCUT2D eigenvalue weighted by atomic mass is 10.5. The first kappa shape index (κ1) is 8.55. The molecule has 0 bridgehead atoms. The van der Waals surface area contributed by atoms with Gasteiger partial charge in [0.15, 0.2) is 0 Å². The molecule has 0 fully saturated rings. The molecule has 0 aliphatic rings. The van der Waals surface area contributed by atoms with Crippen molar-refractivity contribution in [3.63, 3.8) is 0 Å². The average molecular weight is 149 g/mol. The maximum absolute atomic E-state index is 8.16. The van der Waals surface area contributed by atoms with E-state index in [1.807, 2.05) is 0 Å². The molecule has 0 rings (SSSR count). The summed E-state index contributed by atoms with van der Waals surface area (Å²) in [7, 11) is -4.35. The zero-order chi connectivity index (χ0) is 7.33. The summed E-state index contributed by atoms with van der Waals surface area (Å²) in [5.41, 5.74) is 0. The van der Waals surface area contributed by atoms with Gasteiger partial charge in [0.1, 0.15) is 0 Å². The van der Waals surface area contributed by atoms with Crippen molar-refractivity contribution in [2.24, 2.45) is 0 Å². The van der Waals surface area contributed by atoms with Crippen molar-refractivity contribution >= 4 is 9.05 Å². The Bertz CT molecular complexity index is 114. The molecule has 6 heteroatoms. The fraction of sp³-hybridized carbons (Fsp3) is 0.667. The molecule has 0 aliphatic carbocycles. The summed E-state index contributed by atoms with van der Waals surface area (Å²) >= 11 is 0. The average Bonchev–Trinajstić information content (AvgIpc) is 1.63. The smallest absolute Gasteiger partial charge is 0.368 e. The summed E-state index contributed by atoms with van der Waals surface area (Å²) in [5, 5.41) is 7.90. The summed E-state index contributed by atoms with van der Waals surface area (Å²) in [4.78, 5) is 24.5. The van der Waals surface area contributed by atoms with Crippen LogP contribution in [0.5, 0.6) is 0 Å². The third kappa shape index (κ3) is 7.55. The van der Waals surface area contributed by atoms with Gasteiger partial charge in [0.25, 0.3) is 0 Å². The van der Waals surface area contributed by atoms with Crippen molar-refractivity contribution in [1.29, 1.82) is 5.26 Å². The molecule has 0 spiro atoms. The Morgan fingerprint density at radius 2 is 2.00 bits per heavy atom. The Morgan fingerprint density at radius 1 is 1.44 bits per heavy atom. The van der Waals surface area contributed by atoms with Crippen LogP contribution in [0.1, 0.15) is 6.42 Å². The van der Waals surface area contributed by atoms with Crippen LogP contribution in [0.3, 0.4) is 0 Å². The number of hydrogen-bond acceptors (Lipinski definition) is 5. The van der Waals surface area contributed by atoms with Gasteiger partial charge in [-0.3, -0.25) is 0 Å². The van der Waals surface area contributed by atoms with Crippen LogP contribution in [0.4, 0.5) is 0 Å². The van der Waals surface area contributed by atoms with E-state index < -0.39 is 9.05 Å². The van der Waals surface area contributed by atoms with Crippen LogP contribution < -0.4 is 0 Å². The zero-order valence-electron chi connectivity index (χ0n) is 4.61. The fourth-order valence-electron chi connectivity index (χ4n) is 0.234. The van der Waals surface area contributed by atoms with Crippen molar-refractivity contribution in [1.82, 2.24) is 0 Å². The second-order valence-electron chi connectivity index (χ2n) is 1.33. The molecule has 3 N–H and O–H groups in total. The van der Waals surface area contributed by atoms with E-state index in [9.17, 15) is 0 Å². The van der Waals surface area contributed by atoms with Crippen LogP contribution >= 0.6 is 0 Å². The van der Waals surface area contributed by atoms with Crippen molar-refractivity contribution < 1.29 is 18.8 Å². The third-order valence-corrected chi connectivity index (χ3v) is 1.10. The van der Waals surface area contributed by atoms with Gasteiger partial charge in [-0.2, -0.15) is 5.26 Å². The lowest BCUT2D eigenvalue weighted by Crippen LogP contribution is -2.39. The van der Waals surface area contributed by atoms with Crippen LogP contribution in [0, 0.1) is 11.3 Å². The zero-order valence-corrected chi connectivity index (χ0v) is 5.61. The summed E-state index contributed by atoms with van der Waals surface area (Å²) < 4.78 is 4.05. The second kappa shape index (κ2) is 3.55. The highest BCUT2D eigenvalue weighted by molar-refractivity contribution is 6.48. The fourth-order valence-corrected chi connectivity index (χ4v) is 0.610. The van der Waals surface area contributed by atoms with E-state index in [1.54, 1.807) is 6.07 Å². The van der Waals surface area contributed by atoms with E-state index in [1.165, 1.54) is 0 Å². The van der Waals surface area contributed by atoms with E-state index in [0.29, 0.717) is 0 Å². The van der Waals surface area contributed by atoms with Crippen LogP contribution in [0.25, 0.3) is 0 Å². The summed E-state index contributed by atoms with van der Waals surface area (Å²) in [6, 6.07) is 1.70. The largest absolute Gasteiger partial charge is 0.671 e. The molecular weight excluding hydrogens is 142 g/mol. The number of nitrogens with zero attached hydrogens (tertiary/aromatic N) is 1. The maximum Gasteiger partial charge on any atom is 0.671 e. The Kier molecular flexibility index (Phi) is 3.37. The summed E-state index contributed by atoms with van der Waals surface area (Å²) in [6.07, 6.45) is 0.0381. The van der Waals surface area contributed by atoms with Gasteiger partial charge in [0, 0.05) is 0 Å². The Morgan fingerprint density at radius 3 is 2.33 bits per heavy atom. The summed E-state index contributed by atoms with van der Waals surface area (Å²) in [5.74, 6) is 0.